The summed E-state index contributed by atoms with van der Waals surface area (Å²) < 4.78 is 10.6. The molecule has 1 aliphatic rings. The molecular formula is C13H24O3. The van der Waals surface area contributed by atoms with Crippen molar-refractivity contribution in [1.29, 1.82) is 0 Å². The Labute approximate surface area is 98.5 Å². The van der Waals surface area contributed by atoms with Gasteiger partial charge in [-0.05, 0) is 6.42 Å². The van der Waals surface area contributed by atoms with Crippen LogP contribution in [-0.2, 0) is 14.3 Å². The van der Waals surface area contributed by atoms with Crippen molar-refractivity contribution < 1.29 is 14.3 Å². The van der Waals surface area contributed by atoms with E-state index in [0.717, 1.165) is 6.42 Å². The summed E-state index contributed by atoms with van der Waals surface area (Å²) in [5.74, 6) is 0.0908. The summed E-state index contributed by atoms with van der Waals surface area (Å²) in [6, 6.07) is 0. The zero-order chi connectivity index (χ0) is 11.8. The first-order chi connectivity index (χ1) is 7.74. The molecule has 2 unspecified atom stereocenters. The fourth-order valence-electron chi connectivity index (χ4n) is 1.93. The molecule has 1 heterocycles. The molecule has 0 aliphatic carbocycles. The Kier molecular flexibility index (Phi) is 6.46. The monoisotopic (exact) mass is 228 g/mol. The second-order valence-corrected chi connectivity index (χ2v) is 4.68. The molecule has 1 fully saturated rings. The fraction of sp³-hybridized carbons (Fsp3) is 0.923. The van der Waals surface area contributed by atoms with E-state index in [9.17, 15) is 4.79 Å². The lowest BCUT2D eigenvalue weighted by atomic mass is 10.1. The van der Waals surface area contributed by atoms with Crippen molar-refractivity contribution in [1.82, 2.24) is 0 Å². The molecule has 0 aromatic carbocycles. The van der Waals surface area contributed by atoms with E-state index in [1.165, 1.54) is 32.1 Å². The number of hydrogen-bond acceptors (Lipinski definition) is 3. The van der Waals surface area contributed by atoms with Crippen LogP contribution in [0.2, 0.25) is 0 Å². The molecule has 0 saturated carbocycles. The number of rotatable bonds is 8. The number of ether oxygens (including phenoxy) is 2. The standard InChI is InChI=1S/C13H24O3/c1-3-4-5-6-7-8-9-15-13-11(2)10-12(14)16-13/h11,13H,3-10H2,1-2H3. The zero-order valence-electron chi connectivity index (χ0n) is 10.5. The Hall–Kier alpha value is -0.570. The predicted molar refractivity (Wildman–Crippen MR) is 63.0 cm³/mol. The van der Waals surface area contributed by atoms with Crippen LogP contribution in [0.5, 0.6) is 0 Å². The lowest BCUT2D eigenvalue weighted by molar-refractivity contribution is -0.166. The summed E-state index contributed by atoms with van der Waals surface area (Å²) in [6.07, 6.45) is 7.73. The van der Waals surface area contributed by atoms with E-state index < -0.39 is 0 Å². The van der Waals surface area contributed by atoms with E-state index in [1.54, 1.807) is 0 Å². The van der Waals surface area contributed by atoms with Gasteiger partial charge >= 0.3 is 5.97 Å². The van der Waals surface area contributed by atoms with Gasteiger partial charge in [0.1, 0.15) is 0 Å². The molecular weight excluding hydrogens is 204 g/mol. The largest absolute Gasteiger partial charge is 0.435 e. The Morgan fingerprint density at radius 3 is 2.56 bits per heavy atom. The van der Waals surface area contributed by atoms with Gasteiger partial charge in [0.15, 0.2) is 0 Å². The Morgan fingerprint density at radius 2 is 1.94 bits per heavy atom. The highest BCUT2D eigenvalue weighted by Gasteiger charge is 2.31. The molecule has 3 heteroatoms. The lowest BCUT2D eigenvalue weighted by Gasteiger charge is -2.14. The van der Waals surface area contributed by atoms with Crippen LogP contribution in [-0.4, -0.2) is 18.9 Å². The third-order valence-electron chi connectivity index (χ3n) is 2.98. The van der Waals surface area contributed by atoms with Gasteiger partial charge in [-0.15, -0.1) is 0 Å². The fourth-order valence-corrected chi connectivity index (χ4v) is 1.93. The van der Waals surface area contributed by atoms with Gasteiger partial charge in [0, 0.05) is 5.92 Å². The summed E-state index contributed by atoms with van der Waals surface area (Å²) in [6.45, 7) is 4.93. The average Bonchev–Trinajstić information content (AvgIpc) is 2.56. The predicted octanol–water partition coefficient (Wildman–Crippen LogP) is 3.27. The average molecular weight is 228 g/mol. The normalized spacial score (nSPS) is 24.8. The third kappa shape index (κ3) is 4.97. The molecule has 3 nitrogen and oxygen atoms in total. The molecule has 0 N–H and O–H groups in total. The maximum atomic E-state index is 11.0. The minimum absolute atomic E-state index is 0.125. The number of unbranched alkanes of at least 4 members (excludes halogenated alkanes) is 5. The minimum atomic E-state index is -0.289. The van der Waals surface area contributed by atoms with Crippen LogP contribution in [0.1, 0.15) is 58.8 Å². The quantitative estimate of drug-likeness (QED) is 0.472. The van der Waals surface area contributed by atoms with Crippen LogP contribution in [0, 0.1) is 5.92 Å². The van der Waals surface area contributed by atoms with Crippen molar-refractivity contribution in [3.05, 3.63) is 0 Å². The van der Waals surface area contributed by atoms with Crippen LogP contribution in [0.4, 0.5) is 0 Å². The van der Waals surface area contributed by atoms with Crippen molar-refractivity contribution >= 4 is 5.97 Å². The Balaban J connectivity index is 1.93. The van der Waals surface area contributed by atoms with Gasteiger partial charge in [0.25, 0.3) is 0 Å². The highest BCUT2D eigenvalue weighted by Crippen LogP contribution is 2.22. The van der Waals surface area contributed by atoms with Crippen molar-refractivity contribution in [2.75, 3.05) is 6.61 Å². The first-order valence-electron chi connectivity index (χ1n) is 6.55. The molecule has 16 heavy (non-hydrogen) atoms. The first kappa shape index (κ1) is 13.5. The molecule has 0 spiro atoms. The van der Waals surface area contributed by atoms with E-state index in [-0.39, 0.29) is 18.2 Å². The van der Waals surface area contributed by atoms with Crippen LogP contribution >= 0.6 is 0 Å². The van der Waals surface area contributed by atoms with Gasteiger partial charge in [-0.25, -0.2) is 0 Å². The summed E-state index contributed by atoms with van der Waals surface area (Å²) in [7, 11) is 0. The van der Waals surface area contributed by atoms with E-state index >= 15 is 0 Å². The van der Waals surface area contributed by atoms with E-state index in [2.05, 4.69) is 6.92 Å². The van der Waals surface area contributed by atoms with Gasteiger partial charge in [-0.1, -0.05) is 46.0 Å². The highest BCUT2D eigenvalue weighted by atomic mass is 16.7. The van der Waals surface area contributed by atoms with E-state index in [4.69, 9.17) is 9.47 Å². The summed E-state index contributed by atoms with van der Waals surface area (Å²) >= 11 is 0. The van der Waals surface area contributed by atoms with Gasteiger partial charge < -0.3 is 9.47 Å². The maximum absolute atomic E-state index is 11.0. The molecule has 2 atom stereocenters. The second-order valence-electron chi connectivity index (χ2n) is 4.68. The zero-order valence-corrected chi connectivity index (χ0v) is 10.5. The smallest absolute Gasteiger partial charge is 0.308 e. The molecule has 1 aliphatic heterocycles. The molecule has 0 amide bonds. The third-order valence-corrected chi connectivity index (χ3v) is 2.98. The van der Waals surface area contributed by atoms with E-state index in [0.29, 0.717) is 13.0 Å². The topological polar surface area (TPSA) is 35.5 Å². The van der Waals surface area contributed by atoms with Crippen LogP contribution in [0.3, 0.4) is 0 Å². The first-order valence-corrected chi connectivity index (χ1v) is 6.55. The van der Waals surface area contributed by atoms with Gasteiger partial charge in [-0.3, -0.25) is 4.79 Å². The Bertz CT molecular complexity index is 203. The molecule has 94 valence electrons. The number of esters is 1. The summed E-state index contributed by atoms with van der Waals surface area (Å²) in [5, 5.41) is 0. The molecule has 0 aromatic heterocycles. The van der Waals surface area contributed by atoms with Crippen LogP contribution < -0.4 is 0 Å². The molecule has 0 radical (unpaired) electrons. The van der Waals surface area contributed by atoms with Gasteiger partial charge in [0.2, 0.25) is 6.29 Å². The van der Waals surface area contributed by atoms with Gasteiger partial charge in [-0.2, -0.15) is 0 Å². The van der Waals surface area contributed by atoms with Gasteiger partial charge in [0.05, 0.1) is 13.0 Å². The van der Waals surface area contributed by atoms with Crippen molar-refractivity contribution in [2.45, 2.75) is 65.1 Å². The number of cyclic esters (lactones) is 1. The second kappa shape index (κ2) is 7.66. The van der Waals surface area contributed by atoms with E-state index in [1.807, 2.05) is 6.92 Å². The lowest BCUT2D eigenvalue weighted by Crippen LogP contribution is -2.18. The highest BCUT2D eigenvalue weighted by molar-refractivity contribution is 5.71. The summed E-state index contributed by atoms with van der Waals surface area (Å²) in [4.78, 5) is 11.0. The minimum Gasteiger partial charge on any atom is -0.435 e. The molecule has 0 aromatic rings. The SMILES string of the molecule is CCCCCCCCOC1OC(=O)CC1C. The maximum Gasteiger partial charge on any atom is 0.308 e. The van der Waals surface area contributed by atoms with Crippen LogP contribution in [0.25, 0.3) is 0 Å². The number of carbonyl (C=O) groups is 1. The van der Waals surface area contributed by atoms with Crippen molar-refractivity contribution in [2.24, 2.45) is 5.92 Å². The summed E-state index contributed by atoms with van der Waals surface area (Å²) in [5.41, 5.74) is 0. The molecule has 0 bridgehead atoms. The van der Waals surface area contributed by atoms with Crippen molar-refractivity contribution in [3.8, 4) is 0 Å². The molecule has 1 rings (SSSR count). The number of carbonyl (C=O) groups excluding carboxylic acids is 1. The van der Waals surface area contributed by atoms with Crippen LogP contribution in [0.15, 0.2) is 0 Å². The number of hydrogen-bond donors (Lipinski definition) is 0. The Morgan fingerprint density at radius 1 is 1.25 bits per heavy atom. The van der Waals surface area contributed by atoms with Crippen molar-refractivity contribution in [3.63, 3.8) is 0 Å². The molecule has 1 saturated heterocycles.